The smallest absolute Gasteiger partial charge is 0.261 e. The highest BCUT2D eigenvalue weighted by Gasteiger charge is 2.16. The summed E-state index contributed by atoms with van der Waals surface area (Å²) < 4.78 is 29.0. The Hall–Kier alpha value is -1.85. The zero-order valence-corrected chi connectivity index (χ0v) is 15.9. The summed E-state index contributed by atoms with van der Waals surface area (Å²) in [7, 11) is -3.63. The van der Waals surface area contributed by atoms with E-state index in [-0.39, 0.29) is 4.90 Å². The van der Waals surface area contributed by atoms with Crippen LogP contribution >= 0.6 is 15.9 Å². The maximum atomic E-state index is 12.7. The molecule has 3 aromatic rings. The van der Waals surface area contributed by atoms with E-state index in [0.717, 1.165) is 20.8 Å². The van der Waals surface area contributed by atoms with Gasteiger partial charge in [-0.2, -0.15) is 0 Å². The molecule has 1 N–H and O–H groups in total. The lowest BCUT2D eigenvalue weighted by Gasteiger charge is -2.12. The highest BCUT2D eigenvalue weighted by Crippen LogP contribution is 2.31. The van der Waals surface area contributed by atoms with E-state index in [9.17, 15) is 8.42 Å². The van der Waals surface area contributed by atoms with Crippen LogP contribution in [0.25, 0.3) is 10.8 Å². The highest BCUT2D eigenvalue weighted by molar-refractivity contribution is 9.10. The Morgan fingerprint density at radius 1 is 0.875 bits per heavy atom. The number of nitrogens with one attached hydrogen (secondary N) is 1. The van der Waals surface area contributed by atoms with Gasteiger partial charge in [-0.05, 0) is 41.1 Å². The normalized spacial score (nSPS) is 11.8. The van der Waals surface area contributed by atoms with Gasteiger partial charge < -0.3 is 0 Å². The summed E-state index contributed by atoms with van der Waals surface area (Å²) in [4.78, 5) is 0.263. The van der Waals surface area contributed by atoms with E-state index >= 15 is 0 Å². The molecule has 0 saturated heterocycles. The van der Waals surface area contributed by atoms with Crippen LogP contribution < -0.4 is 4.72 Å². The molecule has 0 spiro atoms. The zero-order chi connectivity index (χ0) is 17.3. The van der Waals surface area contributed by atoms with E-state index < -0.39 is 10.0 Å². The van der Waals surface area contributed by atoms with Gasteiger partial charge in [-0.15, -0.1) is 0 Å². The molecule has 0 fully saturated rings. The maximum Gasteiger partial charge on any atom is 0.261 e. The first-order valence-electron chi connectivity index (χ1n) is 7.68. The van der Waals surface area contributed by atoms with Crippen LogP contribution in [0.2, 0.25) is 0 Å². The average Bonchev–Trinajstić information content (AvgIpc) is 2.58. The number of rotatable bonds is 4. The van der Waals surface area contributed by atoms with Crippen LogP contribution in [0.4, 0.5) is 5.69 Å². The highest BCUT2D eigenvalue weighted by atomic mass is 79.9. The molecule has 0 unspecified atom stereocenters. The van der Waals surface area contributed by atoms with Crippen molar-refractivity contribution < 1.29 is 8.42 Å². The standard InChI is InChI=1S/C19H18BrNO2S/c1-13(2)14-7-9-15(10-8-14)24(22,23)21-19-12-11-18(20)16-5-3-4-6-17(16)19/h3-13,21H,1-2H3. The number of hydrogen-bond acceptors (Lipinski definition) is 2. The average molecular weight is 404 g/mol. The molecule has 124 valence electrons. The van der Waals surface area contributed by atoms with E-state index in [4.69, 9.17) is 0 Å². The van der Waals surface area contributed by atoms with Crippen LogP contribution in [0.3, 0.4) is 0 Å². The third kappa shape index (κ3) is 3.32. The molecule has 0 radical (unpaired) electrons. The number of benzene rings is 3. The molecule has 0 amide bonds. The fraction of sp³-hybridized carbons (Fsp3) is 0.158. The molecule has 3 rings (SSSR count). The van der Waals surface area contributed by atoms with Gasteiger partial charge >= 0.3 is 0 Å². The summed E-state index contributed by atoms with van der Waals surface area (Å²) in [6.45, 7) is 4.16. The van der Waals surface area contributed by atoms with Crippen molar-refractivity contribution in [1.29, 1.82) is 0 Å². The third-order valence-corrected chi connectivity index (χ3v) is 6.05. The molecule has 24 heavy (non-hydrogen) atoms. The lowest BCUT2D eigenvalue weighted by atomic mass is 10.0. The molecule has 0 atom stereocenters. The molecular formula is C19H18BrNO2S. The minimum absolute atomic E-state index is 0.263. The number of hydrogen-bond donors (Lipinski definition) is 1. The van der Waals surface area contributed by atoms with Crippen molar-refractivity contribution in [2.24, 2.45) is 0 Å². The molecule has 3 nitrogen and oxygen atoms in total. The van der Waals surface area contributed by atoms with E-state index in [2.05, 4.69) is 34.5 Å². The largest absolute Gasteiger partial charge is 0.279 e. The minimum atomic E-state index is -3.63. The Morgan fingerprint density at radius 2 is 1.50 bits per heavy atom. The van der Waals surface area contributed by atoms with E-state index in [1.54, 1.807) is 18.2 Å². The van der Waals surface area contributed by atoms with Crippen molar-refractivity contribution in [1.82, 2.24) is 0 Å². The van der Waals surface area contributed by atoms with Crippen LogP contribution in [0.15, 0.2) is 70.0 Å². The van der Waals surface area contributed by atoms with Gasteiger partial charge in [-0.1, -0.05) is 66.2 Å². The lowest BCUT2D eigenvalue weighted by molar-refractivity contribution is 0.601. The van der Waals surface area contributed by atoms with Crippen LogP contribution in [-0.4, -0.2) is 8.42 Å². The first-order chi connectivity index (χ1) is 11.4. The van der Waals surface area contributed by atoms with Crippen LogP contribution in [0, 0.1) is 0 Å². The van der Waals surface area contributed by atoms with E-state index in [1.165, 1.54) is 0 Å². The van der Waals surface area contributed by atoms with Crippen molar-refractivity contribution >= 4 is 42.4 Å². The Morgan fingerprint density at radius 3 is 2.12 bits per heavy atom. The van der Waals surface area contributed by atoms with Gasteiger partial charge in [0, 0.05) is 9.86 Å². The molecule has 0 aliphatic rings. The number of anilines is 1. The van der Waals surface area contributed by atoms with Crippen molar-refractivity contribution in [3.63, 3.8) is 0 Å². The number of sulfonamides is 1. The second-order valence-corrected chi connectivity index (χ2v) is 8.51. The molecule has 3 aromatic carbocycles. The molecule has 0 heterocycles. The predicted octanol–water partition coefficient (Wildman–Crippen LogP) is 5.53. The first-order valence-corrected chi connectivity index (χ1v) is 9.96. The van der Waals surface area contributed by atoms with Gasteiger partial charge in [0.1, 0.15) is 0 Å². The van der Waals surface area contributed by atoms with Gasteiger partial charge in [0.05, 0.1) is 10.6 Å². The summed E-state index contributed by atoms with van der Waals surface area (Å²) in [5, 5.41) is 1.82. The van der Waals surface area contributed by atoms with Crippen LogP contribution in [0.5, 0.6) is 0 Å². The SMILES string of the molecule is CC(C)c1ccc(S(=O)(=O)Nc2ccc(Br)c3ccccc23)cc1. The molecule has 0 bridgehead atoms. The summed E-state index contributed by atoms with van der Waals surface area (Å²) >= 11 is 3.50. The third-order valence-electron chi connectivity index (χ3n) is 3.97. The van der Waals surface area contributed by atoms with Crippen molar-refractivity contribution in [2.75, 3.05) is 4.72 Å². The molecular weight excluding hydrogens is 386 g/mol. The summed E-state index contributed by atoms with van der Waals surface area (Å²) in [6.07, 6.45) is 0. The molecule has 0 saturated carbocycles. The minimum Gasteiger partial charge on any atom is -0.279 e. The molecule has 5 heteroatoms. The quantitative estimate of drug-likeness (QED) is 0.622. The Labute approximate surface area is 150 Å². The second-order valence-electron chi connectivity index (χ2n) is 5.97. The Balaban J connectivity index is 1.99. The van der Waals surface area contributed by atoms with Gasteiger partial charge in [0.15, 0.2) is 0 Å². The van der Waals surface area contributed by atoms with Crippen molar-refractivity contribution in [3.05, 3.63) is 70.7 Å². The zero-order valence-electron chi connectivity index (χ0n) is 13.5. The van der Waals surface area contributed by atoms with Crippen LogP contribution in [-0.2, 0) is 10.0 Å². The Kier molecular flexibility index (Phi) is 4.65. The van der Waals surface area contributed by atoms with Gasteiger partial charge in [0.25, 0.3) is 10.0 Å². The second kappa shape index (κ2) is 6.57. The van der Waals surface area contributed by atoms with Crippen molar-refractivity contribution in [2.45, 2.75) is 24.7 Å². The molecule has 0 aromatic heterocycles. The summed E-state index contributed by atoms with van der Waals surface area (Å²) in [6, 6.07) is 18.3. The van der Waals surface area contributed by atoms with Crippen LogP contribution in [0.1, 0.15) is 25.3 Å². The fourth-order valence-corrected chi connectivity index (χ4v) is 4.14. The molecule has 0 aliphatic heterocycles. The monoisotopic (exact) mass is 403 g/mol. The maximum absolute atomic E-state index is 12.7. The lowest BCUT2D eigenvalue weighted by Crippen LogP contribution is -2.13. The first kappa shape index (κ1) is 17.0. The number of fused-ring (bicyclic) bond motifs is 1. The van der Waals surface area contributed by atoms with E-state index in [1.807, 2.05) is 42.5 Å². The Bertz CT molecular complexity index is 980. The van der Waals surface area contributed by atoms with Crippen molar-refractivity contribution in [3.8, 4) is 0 Å². The molecule has 0 aliphatic carbocycles. The van der Waals surface area contributed by atoms with E-state index in [0.29, 0.717) is 11.6 Å². The summed E-state index contributed by atoms with van der Waals surface area (Å²) in [5.74, 6) is 0.366. The van der Waals surface area contributed by atoms with Gasteiger partial charge in [-0.3, -0.25) is 4.72 Å². The number of halogens is 1. The fourth-order valence-electron chi connectivity index (χ4n) is 2.59. The van der Waals surface area contributed by atoms with Gasteiger partial charge in [0.2, 0.25) is 0 Å². The van der Waals surface area contributed by atoms with Gasteiger partial charge in [-0.25, -0.2) is 8.42 Å². The topological polar surface area (TPSA) is 46.2 Å². The summed E-state index contributed by atoms with van der Waals surface area (Å²) in [5.41, 5.74) is 1.68. The predicted molar refractivity (Wildman–Crippen MR) is 103 cm³/mol.